The Hall–Kier alpha value is -5.25. The third-order valence-electron chi connectivity index (χ3n) is 11.0. The number of fused-ring (bicyclic) bond motifs is 3. The number of carbonyl (C=O) groups excluding carboxylic acids is 4. The number of anilines is 1. The van der Waals surface area contributed by atoms with Gasteiger partial charge in [0.05, 0.1) is 47.4 Å². The first-order valence-corrected chi connectivity index (χ1v) is 19.9. The molecular weight excluding hydrogens is 812 g/mol. The average Bonchev–Trinajstić information content (AvgIpc) is 3.62. The van der Waals surface area contributed by atoms with E-state index in [4.69, 9.17) is 27.3 Å². The second-order valence-corrected chi connectivity index (χ2v) is 16.9. The molecule has 2 bridgehead atoms. The molecule has 0 radical (unpaired) electrons. The van der Waals surface area contributed by atoms with Gasteiger partial charge in [0, 0.05) is 55.4 Å². The molecule has 3 fully saturated rings. The number of nitrogens with one attached hydrogen (secondary N) is 1. The molecule has 2 unspecified atom stereocenters. The summed E-state index contributed by atoms with van der Waals surface area (Å²) in [5, 5.41) is 54.8. The van der Waals surface area contributed by atoms with Crippen LogP contribution in [-0.4, -0.2) is 136 Å². The van der Waals surface area contributed by atoms with E-state index in [2.05, 4.69) is 22.5 Å². The number of amides is 2. The number of rotatable bonds is 16. The van der Waals surface area contributed by atoms with Gasteiger partial charge in [-0.3, -0.25) is 28.9 Å². The van der Waals surface area contributed by atoms with E-state index in [-0.39, 0.29) is 52.4 Å². The molecule has 19 nitrogen and oxygen atoms in total. The molecule has 57 heavy (non-hydrogen) atoms. The molecule has 8 N–H and O–H groups in total. The Balaban J connectivity index is 1.11. The predicted octanol–water partition coefficient (Wildman–Crippen LogP) is 1.65. The Labute approximate surface area is 336 Å². The number of phenolic OH excluding ortho intramolecular Hbond substituents is 2. The van der Waals surface area contributed by atoms with Crippen molar-refractivity contribution in [3.63, 3.8) is 0 Å². The summed E-state index contributed by atoms with van der Waals surface area (Å²) in [6, 6.07) is 2.41. The number of β-lactam (4-membered cyclic amide) rings is 1. The highest BCUT2D eigenvalue weighted by Crippen LogP contribution is 2.49. The van der Waals surface area contributed by atoms with Crippen LogP contribution in [-0.2, 0) is 33.6 Å². The minimum atomic E-state index is -1.92. The lowest BCUT2D eigenvalue weighted by Gasteiger charge is -2.52. The van der Waals surface area contributed by atoms with Gasteiger partial charge in [0.25, 0.3) is 11.7 Å². The van der Waals surface area contributed by atoms with Gasteiger partial charge < -0.3 is 45.9 Å². The summed E-state index contributed by atoms with van der Waals surface area (Å²) in [5.41, 5.74) is 5.37. The topological polar surface area (TPSA) is 296 Å². The Bertz CT molecular complexity index is 2110. The molecule has 6 rings (SSSR count). The van der Waals surface area contributed by atoms with E-state index in [0.717, 1.165) is 36.3 Å². The number of nitrogens with two attached hydrogens (primary N) is 1. The van der Waals surface area contributed by atoms with Crippen molar-refractivity contribution < 1.29 is 68.4 Å². The fourth-order valence-corrected chi connectivity index (χ4v) is 10.4. The van der Waals surface area contributed by atoms with Crippen LogP contribution >= 0.6 is 34.7 Å². The number of quaternary nitrogens is 1. The number of Topliss-reactive ketones (excluding diaryl/α,β-unsaturated/α-hetero) is 2. The maximum atomic E-state index is 13.6. The molecule has 7 atom stereocenters. The Morgan fingerprint density at radius 1 is 1.12 bits per heavy atom. The molecule has 2 amide bonds. The minimum Gasteiger partial charge on any atom is -0.504 e. The number of hydrogen-bond acceptors (Lipinski definition) is 15. The number of halogens is 1. The summed E-state index contributed by atoms with van der Waals surface area (Å²) in [7, 11) is 2.06. The molecule has 1 aromatic carbocycles. The lowest BCUT2D eigenvalue weighted by atomic mass is 9.87. The van der Waals surface area contributed by atoms with Gasteiger partial charge in [-0.15, -0.1) is 23.1 Å². The third-order valence-corrected chi connectivity index (χ3v) is 13.5. The molecule has 0 spiro atoms. The molecule has 3 saturated heterocycles. The Morgan fingerprint density at radius 3 is 2.40 bits per heavy atom. The average molecular weight is 850 g/mol. The van der Waals surface area contributed by atoms with E-state index in [9.17, 15) is 54.0 Å². The van der Waals surface area contributed by atoms with E-state index in [1.165, 1.54) is 22.0 Å². The molecule has 5 heterocycles. The van der Waals surface area contributed by atoms with Crippen molar-refractivity contribution in [1.82, 2.24) is 15.2 Å². The molecule has 22 heteroatoms. The van der Waals surface area contributed by atoms with Gasteiger partial charge in [-0.2, -0.15) is 0 Å². The fraction of sp³-hybridized carbons (Fsp3) is 0.457. The standard InChI is InChI=1S/C35H37ClN6O13S2/c1-42(16-2-3-17(42)7-14(6-16)10-38-30(49)28(47)18-4-5-21(43)29(48)25(18)36)11-15-12-56-32-19(31(50)41(32)27(15)34(53)54)8-22(44)26(20-13-57-35(37)39-20)40-55-23(33(51)52)9-24(45)46/h4-5,13-14,16-17,19,23,32H,2-3,6-12H2,1H3,(H7-,37,38,39,40,43,44,45,46,47,48,49,51,52,53,54)/p+1/t14?,16-,17+,19-,23+,32-,42?/m1/s1. The van der Waals surface area contributed by atoms with Crippen LogP contribution in [0.1, 0.15) is 54.6 Å². The van der Waals surface area contributed by atoms with E-state index in [1.807, 2.05) is 0 Å². The summed E-state index contributed by atoms with van der Waals surface area (Å²) in [6.07, 6.45) is -0.246. The van der Waals surface area contributed by atoms with Gasteiger partial charge in [-0.1, -0.05) is 16.8 Å². The van der Waals surface area contributed by atoms with Gasteiger partial charge in [-0.25, -0.2) is 14.6 Å². The van der Waals surface area contributed by atoms with Gasteiger partial charge in [-0.05, 0) is 18.1 Å². The second-order valence-electron chi connectivity index (χ2n) is 14.5. The monoisotopic (exact) mass is 849 g/mol. The van der Waals surface area contributed by atoms with Crippen molar-refractivity contribution in [3.05, 3.63) is 45.1 Å². The molecule has 304 valence electrons. The number of hydrogen-bond donors (Lipinski definition) is 7. The number of aromatic nitrogens is 1. The van der Waals surface area contributed by atoms with Crippen molar-refractivity contribution in [2.45, 2.75) is 62.1 Å². The second kappa shape index (κ2) is 16.3. The first-order valence-electron chi connectivity index (χ1n) is 17.6. The summed E-state index contributed by atoms with van der Waals surface area (Å²) in [5.74, 6) is -9.53. The predicted molar refractivity (Wildman–Crippen MR) is 201 cm³/mol. The lowest BCUT2D eigenvalue weighted by molar-refractivity contribution is -0.945. The summed E-state index contributed by atoms with van der Waals surface area (Å²) in [4.78, 5) is 98.2. The van der Waals surface area contributed by atoms with Crippen molar-refractivity contribution in [2.75, 3.05) is 31.6 Å². The number of carbonyl (C=O) groups is 7. The number of likely N-dealkylation sites (N-methyl/N-ethyl adjacent to an activating group) is 1. The van der Waals surface area contributed by atoms with Crippen LogP contribution in [0.15, 0.2) is 33.9 Å². The molecular formula is C35H38ClN6O13S2+. The largest absolute Gasteiger partial charge is 0.504 e. The molecule has 4 aliphatic heterocycles. The number of nitrogens with zero attached hydrogens (tertiary/aromatic N) is 4. The lowest BCUT2D eigenvalue weighted by Crippen LogP contribution is -2.64. The number of nitrogen functional groups attached to an aromatic ring is 1. The minimum absolute atomic E-state index is 0.0224. The van der Waals surface area contributed by atoms with Gasteiger partial charge in [0.15, 0.2) is 28.1 Å². The molecule has 0 aliphatic carbocycles. The Morgan fingerprint density at radius 2 is 1.81 bits per heavy atom. The van der Waals surface area contributed by atoms with E-state index in [1.54, 1.807) is 0 Å². The normalized spacial score (nSPS) is 25.9. The number of carboxylic acid groups (broad SMARTS) is 3. The molecule has 1 aromatic heterocycles. The van der Waals surface area contributed by atoms with E-state index in [0.29, 0.717) is 29.4 Å². The number of aliphatic carboxylic acids is 3. The number of thiazole rings is 1. The number of thioether (sulfide) groups is 1. The van der Waals surface area contributed by atoms with Crippen molar-refractivity contribution in [2.24, 2.45) is 17.0 Å². The highest BCUT2D eigenvalue weighted by molar-refractivity contribution is 8.00. The maximum absolute atomic E-state index is 13.6. The van der Waals surface area contributed by atoms with Crippen molar-refractivity contribution in [3.8, 4) is 11.5 Å². The van der Waals surface area contributed by atoms with Gasteiger partial charge in [0.1, 0.15) is 17.9 Å². The number of ketones is 2. The zero-order chi connectivity index (χ0) is 41.5. The number of oxime groups is 1. The zero-order valence-corrected chi connectivity index (χ0v) is 32.5. The maximum Gasteiger partial charge on any atom is 0.352 e. The van der Waals surface area contributed by atoms with Crippen LogP contribution in [0.5, 0.6) is 11.5 Å². The van der Waals surface area contributed by atoms with Crippen LogP contribution in [0.25, 0.3) is 0 Å². The number of aromatic hydroxyl groups is 2. The SMILES string of the molecule is C[N+]1(CC2=C(C(=O)O)N3C(=O)[C@@H](CC(=O)/C(=N\O[C@@H](CC(=O)O)C(=O)O)c4csc(N)n4)[C@H]3SC2)[C@@H]2CC[C@H]1CC(CNC(=O)C(=O)c1ccc(O)c(O)c1Cl)C2. The Kier molecular flexibility index (Phi) is 11.8. The molecule has 4 aliphatic rings. The summed E-state index contributed by atoms with van der Waals surface area (Å²) >= 11 is 8.24. The van der Waals surface area contributed by atoms with E-state index < -0.39 is 93.8 Å². The first kappa shape index (κ1) is 41.4. The van der Waals surface area contributed by atoms with Crippen molar-refractivity contribution in [1.29, 1.82) is 0 Å². The third kappa shape index (κ3) is 8.14. The number of carboxylic acids is 3. The highest BCUT2D eigenvalue weighted by atomic mass is 35.5. The quantitative estimate of drug-likeness (QED) is 0.0240. The van der Waals surface area contributed by atoms with Crippen LogP contribution in [0, 0.1) is 11.8 Å². The summed E-state index contributed by atoms with van der Waals surface area (Å²) < 4.78 is 0.531. The molecule has 0 saturated carbocycles. The molecule has 2 aromatic rings. The first-order chi connectivity index (χ1) is 26.9. The number of piperidine rings is 1. The van der Waals surface area contributed by atoms with Crippen LogP contribution < -0.4 is 11.1 Å². The van der Waals surface area contributed by atoms with Crippen LogP contribution in [0.3, 0.4) is 0 Å². The van der Waals surface area contributed by atoms with Crippen LogP contribution in [0.4, 0.5) is 5.13 Å². The smallest absolute Gasteiger partial charge is 0.352 e. The highest BCUT2D eigenvalue weighted by Gasteiger charge is 2.57. The zero-order valence-electron chi connectivity index (χ0n) is 30.1. The van der Waals surface area contributed by atoms with Gasteiger partial charge >= 0.3 is 17.9 Å². The number of benzene rings is 1. The fourth-order valence-electron chi connectivity index (χ4n) is 8.18. The van der Waals surface area contributed by atoms with Crippen molar-refractivity contribution >= 4 is 86.8 Å². The summed E-state index contributed by atoms with van der Waals surface area (Å²) in [6.45, 7) is 0.560. The van der Waals surface area contributed by atoms with E-state index >= 15 is 0 Å². The van der Waals surface area contributed by atoms with Gasteiger partial charge in [0.2, 0.25) is 12.0 Å². The van der Waals surface area contributed by atoms with Crippen LogP contribution in [0.2, 0.25) is 5.02 Å². The number of phenols is 2.